The van der Waals surface area contributed by atoms with Crippen molar-refractivity contribution >= 4 is 17.6 Å². The van der Waals surface area contributed by atoms with Crippen LogP contribution in [0.3, 0.4) is 0 Å². The Morgan fingerprint density at radius 2 is 1.60 bits per heavy atom. The summed E-state index contributed by atoms with van der Waals surface area (Å²) in [6.45, 7) is 5.46. The lowest BCUT2D eigenvalue weighted by atomic mass is 10.1. The molecule has 0 aliphatic heterocycles. The Balaban J connectivity index is 2.48. The van der Waals surface area contributed by atoms with Crippen molar-refractivity contribution < 1.29 is 23.9 Å². The lowest BCUT2D eigenvalue weighted by Gasteiger charge is -2.20. The third-order valence-corrected chi connectivity index (χ3v) is 3.25. The average Bonchev–Trinajstić information content (AvgIpc) is 2.55. The fourth-order valence-electron chi connectivity index (χ4n) is 2.11. The van der Waals surface area contributed by atoms with E-state index in [0.717, 1.165) is 0 Å². The van der Waals surface area contributed by atoms with Crippen LogP contribution in [0.5, 0.6) is 11.5 Å². The number of amides is 2. The molecular weight excluding hydrogens is 324 g/mol. The molecule has 0 aliphatic rings. The smallest absolute Gasteiger partial charge is 0.239 e. The zero-order chi connectivity index (χ0) is 19.0. The molecule has 1 aromatic rings. The number of hydrogen-bond acceptors (Lipinski definition) is 5. The summed E-state index contributed by atoms with van der Waals surface area (Å²) in [5.74, 6) is 0.179. The van der Waals surface area contributed by atoms with Crippen molar-refractivity contribution in [2.24, 2.45) is 0 Å². The fourth-order valence-corrected chi connectivity index (χ4v) is 2.11. The highest BCUT2D eigenvalue weighted by Gasteiger charge is 2.15. The maximum absolute atomic E-state index is 12.2. The molecule has 0 bridgehead atoms. The Labute approximate surface area is 148 Å². The number of methoxy groups -OCH3 is 2. The third kappa shape index (κ3) is 7.24. The van der Waals surface area contributed by atoms with Crippen LogP contribution in [0, 0.1) is 0 Å². The second-order valence-electron chi connectivity index (χ2n) is 6.57. The van der Waals surface area contributed by atoms with Crippen molar-refractivity contribution in [3.05, 3.63) is 23.8 Å². The largest absolute Gasteiger partial charge is 0.493 e. The first kappa shape index (κ1) is 20.5. The van der Waals surface area contributed by atoms with Gasteiger partial charge in [0.2, 0.25) is 11.8 Å². The number of nitrogens with one attached hydrogen (secondary N) is 2. The fraction of sp³-hybridized carbons (Fsp3) is 0.500. The van der Waals surface area contributed by atoms with Crippen LogP contribution in [0.1, 0.15) is 44.0 Å². The minimum atomic E-state index is -0.356. The molecular formula is C18H26N2O5. The zero-order valence-corrected chi connectivity index (χ0v) is 15.4. The molecule has 0 aromatic heterocycles. The Hall–Kier alpha value is -2.57. The van der Waals surface area contributed by atoms with Crippen LogP contribution < -0.4 is 20.1 Å². The minimum Gasteiger partial charge on any atom is -0.493 e. The van der Waals surface area contributed by atoms with E-state index in [4.69, 9.17) is 9.47 Å². The molecule has 0 saturated carbocycles. The van der Waals surface area contributed by atoms with Crippen molar-refractivity contribution in [2.45, 2.75) is 39.2 Å². The Morgan fingerprint density at radius 3 is 2.16 bits per heavy atom. The first-order chi connectivity index (χ1) is 11.7. The number of carbonyl (C=O) groups excluding carboxylic acids is 3. The Morgan fingerprint density at radius 1 is 0.960 bits per heavy atom. The summed E-state index contributed by atoms with van der Waals surface area (Å²) in [7, 11) is 3.00. The van der Waals surface area contributed by atoms with Gasteiger partial charge in [0.1, 0.15) is 0 Å². The highest BCUT2D eigenvalue weighted by molar-refractivity contribution is 5.98. The number of hydrogen-bond donors (Lipinski definition) is 2. The van der Waals surface area contributed by atoms with Gasteiger partial charge in [0.05, 0.1) is 20.8 Å². The van der Waals surface area contributed by atoms with E-state index in [2.05, 4.69) is 10.6 Å². The molecule has 0 spiro atoms. The number of benzene rings is 1. The lowest BCUT2D eigenvalue weighted by molar-refractivity contribution is -0.126. The van der Waals surface area contributed by atoms with Crippen molar-refractivity contribution in [1.82, 2.24) is 10.6 Å². The Bertz CT molecular complexity index is 635. The lowest BCUT2D eigenvalue weighted by Crippen LogP contribution is -2.45. The zero-order valence-electron chi connectivity index (χ0n) is 15.4. The molecule has 7 heteroatoms. The van der Waals surface area contributed by atoms with Crippen molar-refractivity contribution in [3.63, 3.8) is 0 Å². The predicted molar refractivity (Wildman–Crippen MR) is 94.0 cm³/mol. The molecule has 138 valence electrons. The average molecular weight is 350 g/mol. The highest BCUT2D eigenvalue weighted by Crippen LogP contribution is 2.28. The van der Waals surface area contributed by atoms with Gasteiger partial charge in [-0.15, -0.1) is 0 Å². The summed E-state index contributed by atoms with van der Waals surface area (Å²) in [4.78, 5) is 35.6. The van der Waals surface area contributed by atoms with Gasteiger partial charge in [-0.3, -0.25) is 14.4 Å². The highest BCUT2D eigenvalue weighted by atomic mass is 16.5. The summed E-state index contributed by atoms with van der Waals surface area (Å²) in [6, 6.07) is 4.84. The van der Waals surface area contributed by atoms with Gasteiger partial charge >= 0.3 is 0 Å². The number of rotatable bonds is 8. The molecule has 0 saturated heterocycles. The molecule has 25 heavy (non-hydrogen) atoms. The molecule has 0 unspecified atom stereocenters. The molecule has 1 rings (SSSR count). The normalized spacial score (nSPS) is 10.8. The molecule has 0 heterocycles. The van der Waals surface area contributed by atoms with E-state index in [-0.39, 0.29) is 42.5 Å². The third-order valence-electron chi connectivity index (χ3n) is 3.25. The number of ether oxygens (including phenoxy) is 2. The van der Waals surface area contributed by atoms with Crippen LogP contribution in [0.2, 0.25) is 0 Å². The first-order valence-corrected chi connectivity index (χ1v) is 7.99. The van der Waals surface area contributed by atoms with Crippen molar-refractivity contribution in [3.8, 4) is 11.5 Å². The summed E-state index contributed by atoms with van der Waals surface area (Å²) in [5.41, 5.74) is 0.0847. The van der Waals surface area contributed by atoms with E-state index in [1.54, 1.807) is 18.2 Å². The summed E-state index contributed by atoms with van der Waals surface area (Å²) in [5, 5.41) is 5.25. The molecule has 7 nitrogen and oxygen atoms in total. The molecule has 1 aromatic carbocycles. The van der Waals surface area contributed by atoms with E-state index in [0.29, 0.717) is 17.1 Å². The second kappa shape index (κ2) is 9.05. The van der Waals surface area contributed by atoms with Gasteiger partial charge in [-0.05, 0) is 39.0 Å². The summed E-state index contributed by atoms with van der Waals surface area (Å²) in [6.07, 6.45) is 0.0538. The molecule has 0 atom stereocenters. The first-order valence-electron chi connectivity index (χ1n) is 7.99. The van der Waals surface area contributed by atoms with Gasteiger partial charge in [0.15, 0.2) is 17.3 Å². The van der Waals surface area contributed by atoms with Gasteiger partial charge in [0, 0.05) is 23.9 Å². The minimum absolute atomic E-state index is 0.00990. The molecule has 2 amide bonds. The molecule has 0 fully saturated rings. The SMILES string of the molecule is COc1ccc(C(=O)CCC(=O)NCC(=O)NC(C)(C)C)cc1OC. The number of ketones is 1. The van der Waals surface area contributed by atoms with Gasteiger partial charge < -0.3 is 20.1 Å². The van der Waals surface area contributed by atoms with Crippen LogP contribution in [0.25, 0.3) is 0 Å². The van der Waals surface area contributed by atoms with E-state index in [1.807, 2.05) is 20.8 Å². The predicted octanol–water partition coefficient (Wildman–Crippen LogP) is 1.70. The standard InChI is InChI=1S/C18H26N2O5/c1-18(2,3)20-17(23)11-19-16(22)9-7-13(21)12-6-8-14(24-4)15(10-12)25-5/h6,8,10H,7,9,11H2,1-5H3,(H,19,22)(H,20,23). The van der Waals surface area contributed by atoms with Gasteiger partial charge in [-0.1, -0.05) is 0 Å². The maximum Gasteiger partial charge on any atom is 0.239 e. The van der Waals surface area contributed by atoms with E-state index in [9.17, 15) is 14.4 Å². The Kier molecular flexibility index (Phi) is 7.42. The second-order valence-corrected chi connectivity index (χ2v) is 6.57. The number of Topliss-reactive ketones (excluding diaryl/α,β-unsaturated/α-hetero) is 1. The van der Waals surface area contributed by atoms with Crippen molar-refractivity contribution in [1.29, 1.82) is 0 Å². The summed E-state index contributed by atoms with van der Waals surface area (Å²) < 4.78 is 10.3. The molecule has 0 radical (unpaired) electrons. The monoisotopic (exact) mass is 350 g/mol. The van der Waals surface area contributed by atoms with E-state index < -0.39 is 0 Å². The van der Waals surface area contributed by atoms with Gasteiger partial charge in [-0.25, -0.2) is 0 Å². The van der Waals surface area contributed by atoms with Crippen LogP contribution in [-0.4, -0.2) is 43.9 Å². The van der Waals surface area contributed by atoms with Crippen LogP contribution in [0.4, 0.5) is 0 Å². The van der Waals surface area contributed by atoms with Gasteiger partial charge in [0.25, 0.3) is 0 Å². The van der Waals surface area contributed by atoms with Crippen molar-refractivity contribution in [2.75, 3.05) is 20.8 Å². The van der Waals surface area contributed by atoms with Gasteiger partial charge in [-0.2, -0.15) is 0 Å². The summed E-state index contributed by atoms with van der Waals surface area (Å²) >= 11 is 0. The number of carbonyl (C=O) groups is 3. The molecule has 0 aliphatic carbocycles. The van der Waals surface area contributed by atoms with Crippen LogP contribution in [0.15, 0.2) is 18.2 Å². The van der Waals surface area contributed by atoms with E-state index in [1.165, 1.54) is 14.2 Å². The topological polar surface area (TPSA) is 93.7 Å². The van der Waals surface area contributed by atoms with Crippen LogP contribution in [-0.2, 0) is 9.59 Å². The quantitative estimate of drug-likeness (QED) is 0.696. The van der Waals surface area contributed by atoms with E-state index >= 15 is 0 Å². The van der Waals surface area contributed by atoms with Crippen LogP contribution >= 0.6 is 0 Å². The maximum atomic E-state index is 12.2. The molecule has 2 N–H and O–H groups in total.